The number of aryl methyl sites for hydroxylation is 2. The zero-order valence-corrected chi connectivity index (χ0v) is 14.4. The van der Waals surface area contributed by atoms with Gasteiger partial charge in [0.1, 0.15) is 17.9 Å². The lowest BCUT2D eigenvalue weighted by molar-refractivity contribution is -0.386. The average molecular weight is 330 g/mol. The number of benzene rings is 1. The van der Waals surface area contributed by atoms with Gasteiger partial charge in [-0.2, -0.15) is 5.10 Å². The summed E-state index contributed by atoms with van der Waals surface area (Å²) < 4.78 is 1.37. The monoisotopic (exact) mass is 330 g/mol. The van der Waals surface area contributed by atoms with Gasteiger partial charge in [-0.25, -0.2) is 0 Å². The molecule has 0 spiro atoms. The maximum absolute atomic E-state index is 12.2. The number of carbonyl (C=O) groups is 1. The molecule has 0 aliphatic heterocycles. The Bertz CT molecular complexity index is 750. The number of aromatic nitrogens is 2. The van der Waals surface area contributed by atoms with Gasteiger partial charge in [0.25, 0.3) is 0 Å². The Kier molecular flexibility index (Phi) is 5.33. The fraction of sp³-hybridized carbons (Fsp3) is 0.412. The van der Waals surface area contributed by atoms with Gasteiger partial charge in [0.2, 0.25) is 5.91 Å². The second-order valence-electron chi connectivity index (χ2n) is 5.82. The second kappa shape index (κ2) is 7.25. The van der Waals surface area contributed by atoms with E-state index in [1.807, 2.05) is 31.2 Å². The summed E-state index contributed by atoms with van der Waals surface area (Å²) >= 11 is 0. The van der Waals surface area contributed by atoms with Crippen molar-refractivity contribution < 1.29 is 9.72 Å². The number of hydrogen-bond donors (Lipinski definition) is 1. The van der Waals surface area contributed by atoms with Gasteiger partial charge in [-0.3, -0.25) is 19.6 Å². The van der Waals surface area contributed by atoms with E-state index in [0.717, 1.165) is 12.0 Å². The average Bonchev–Trinajstić information content (AvgIpc) is 2.81. The normalized spacial score (nSPS) is 12.0. The van der Waals surface area contributed by atoms with Crippen LogP contribution in [0.4, 0.5) is 5.69 Å². The van der Waals surface area contributed by atoms with Crippen LogP contribution in [-0.4, -0.2) is 20.6 Å². The smallest absolute Gasteiger partial charge is 0.312 e. The molecule has 0 bridgehead atoms. The lowest BCUT2D eigenvalue weighted by atomic mass is 10.1. The van der Waals surface area contributed by atoms with Crippen molar-refractivity contribution in [3.63, 3.8) is 0 Å². The Hall–Kier alpha value is -2.70. The molecule has 0 aliphatic rings. The van der Waals surface area contributed by atoms with Crippen molar-refractivity contribution >= 4 is 11.6 Å². The summed E-state index contributed by atoms with van der Waals surface area (Å²) in [5.41, 5.74) is 2.92. The van der Waals surface area contributed by atoms with E-state index in [9.17, 15) is 14.9 Å². The van der Waals surface area contributed by atoms with Gasteiger partial charge in [-0.05, 0) is 38.3 Å². The molecule has 7 nitrogen and oxygen atoms in total. The number of carbonyl (C=O) groups excluding carboxylic acids is 1. The number of amides is 1. The quantitative estimate of drug-likeness (QED) is 0.651. The van der Waals surface area contributed by atoms with Crippen molar-refractivity contribution in [3.05, 3.63) is 56.9 Å². The Morgan fingerprint density at radius 3 is 2.46 bits per heavy atom. The van der Waals surface area contributed by atoms with Crippen molar-refractivity contribution in [2.24, 2.45) is 0 Å². The fourth-order valence-corrected chi connectivity index (χ4v) is 2.65. The third-order valence-electron chi connectivity index (χ3n) is 4.08. The van der Waals surface area contributed by atoms with Crippen LogP contribution < -0.4 is 5.32 Å². The topological polar surface area (TPSA) is 90.1 Å². The van der Waals surface area contributed by atoms with Crippen LogP contribution in [0.5, 0.6) is 0 Å². The van der Waals surface area contributed by atoms with E-state index in [2.05, 4.69) is 17.3 Å². The van der Waals surface area contributed by atoms with E-state index in [1.165, 1.54) is 10.2 Å². The SMILES string of the molecule is CCc1ccc(C(C)NC(=O)Cn2nc(C)c([N+](=O)[O-])c2C)cc1. The summed E-state index contributed by atoms with van der Waals surface area (Å²) in [6.45, 7) is 7.12. The molecule has 0 saturated heterocycles. The van der Waals surface area contributed by atoms with E-state index in [4.69, 9.17) is 0 Å². The molecule has 0 aliphatic carbocycles. The molecule has 1 unspecified atom stereocenters. The van der Waals surface area contributed by atoms with E-state index in [-0.39, 0.29) is 24.2 Å². The molecule has 0 saturated carbocycles. The lowest BCUT2D eigenvalue weighted by Crippen LogP contribution is -2.30. The number of rotatable bonds is 6. The summed E-state index contributed by atoms with van der Waals surface area (Å²) in [5.74, 6) is -0.234. The maximum atomic E-state index is 12.2. The third-order valence-corrected chi connectivity index (χ3v) is 4.08. The highest BCUT2D eigenvalue weighted by Crippen LogP contribution is 2.21. The van der Waals surface area contributed by atoms with Crippen LogP contribution in [0, 0.1) is 24.0 Å². The first-order valence-corrected chi connectivity index (χ1v) is 7.90. The standard InChI is InChI=1S/C17H22N4O3/c1-5-14-6-8-15(9-7-14)11(2)18-16(22)10-20-13(4)17(21(23)24)12(3)19-20/h6-9,11H,5,10H2,1-4H3,(H,18,22). The number of hydrogen-bond acceptors (Lipinski definition) is 4. The second-order valence-corrected chi connectivity index (χ2v) is 5.82. The maximum Gasteiger partial charge on any atom is 0.312 e. The first-order valence-electron chi connectivity index (χ1n) is 7.90. The first kappa shape index (κ1) is 17.7. The van der Waals surface area contributed by atoms with E-state index in [0.29, 0.717) is 11.4 Å². The van der Waals surface area contributed by atoms with Gasteiger partial charge < -0.3 is 5.32 Å². The Morgan fingerprint density at radius 2 is 1.96 bits per heavy atom. The molecule has 1 aromatic carbocycles. The summed E-state index contributed by atoms with van der Waals surface area (Å²) in [7, 11) is 0. The molecule has 0 radical (unpaired) electrons. The molecule has 2 aromatic rings. The molecule has 1 amide bonds. The Labute approximate surface area is 140 Å². The predicted molar refractivity (Wildman–Crippen MR) is 90.7 cm³/mol. The van der Waals surface area contributed by atoms with Crippen LogP contribution in [-0.2, 0) is 17.8 Å². The molecular weight excluding hydrogens is 308 g/mol. The van der Waals surface area contributed by atoms with Crippen molar-refractivity contribution in [2.75, 3.05) is 0 Å². The zero-order chi connectivity index (χ0) is 17.9. The fourth-order valence-electron chi connectivity index (χ4n) is 2.65. The number of nitrogens with zero attached hydrogens (tertiary/aromatic N) is 3. The number of nitro groups is 1. The molecular formula is C17H22N4O3. The summed E-state index contributed by atoms with van der Waals surface area (Å²) in [4.78, 5) is 22.8. The third kappa shape index (κ3) is 3.79. The van der Waals surface area contributed by atoms with Gasteiger partial charge in [0.05, 0.1) is 11.0 Å². The minimum Gasteiger partial charge on any atom is -0.348 e. The van der Waals surface area contributed by atoms with Gasteiger partial charge in [-0.15, -0.1) is 0 Å². The molecule has 0 fully saturated rings. The Morgan fingerprint density at radius 1 is 1.33 bits per heavy atom. The lowest BCUT2D eigenvalue weighted by Gasteiger charge is -2.15. The zero-order valence-electron chi connectivity index (χ0n) is 14.4. The minimum atomic E-state index is -0.468. The van der Waals surface area contributed by atoms with Crippen molar-refractivity contribution in [2.45, 2.75) is 46.7 Å². The molecule has 1 heterocycles. The van der Waals surface area contributed by atoms with Crippen molar-refractivity contribution in [3.8, 4) is 0 Å². The van der Waals surface area contributed by atoms with Gasteiger partial charge in [0, 0.05) is 0 Å². The van der Waals surface area contributed by atoms with Gasteiger partial charge in [-0.1, -0.05) is 31.2 Å². The highest BCUT2D eigenvalue weighted by molar-refractivity contribution is 5.76. The molecule has 24 heavy (non-hydrogen) atoms. The van der Waals surface area contributed by atoms with Crippen LogP contribution in [0.3, 0.4) is 0 Å². The first-order chi connectivity index (χ1) is 11.3. The van der Waals surface area contributed by atoms with Crippen LogP contribution in [0.2, 0.25) is 0 Å². The summed E-state index contributed by atoms with van der Waals surface area (Å²) in [5, 5.41) is 18.0. The van der Waals surface area contributed by atoms with Crippen LogP contribution in [0.1, 0.15) is 42.4 Å². The van der Waals surface area contributed by atoms with Gasteiger partial charge >= 0.3 is 5.69 Å². The molecule has 1 atom stereocenters. The van der Waals surface area contributed by atoms with E-state index < -0.39 is 4.92 Å². The molecule has 128 valence electrons. The molecule has 1 N–H and O–H groups in total. The van der Waals surface area contributed by atoms with Crippen LogP contribution in [0.25, 0.3) is 0 Å². The molecule has 7 heteroatoms. The molecule has 1 aromatic heterocycles. The molecule has 2 rings (SSSR count). The van der Waals surface area contributed by atoms with Crippen molar-refractivity contribution in [1.82, 2.24) is 15.1 Å². The summed E-state index contributed by atoms with van der Waals surface area (Å²) in [6.07, 6.45) is 0.970. The highest BCUT2D eigenvalue weighted by Gasteiger charge is 2.23. The van der Waals surface area contributed by atoms with E-state index >= 15 is 0 Å². The Balaban J connectivity index is 2.05. The summed E-state index contributed by atoms with van der Waals surface area (Å²) in [6, 6.07) is 7.94. The van der Waals surface area contributed by atoms with E-state index in [1.54, 1.807) is 13.8 Å². The van der Waals surface area contributed by atoms with Crippen LogP contribution in [0.15, 0.2) is 24.3 Å². The number of nitrogens with one attached hydrogen (secondary N) is 1. The largest absolute Gasteiger partial charge is 0.348 e. The predicted octanol–water partition coefficient (Wildman–Crippen LogP) is 2.85. The minimum absolute atomic E-state index is 0.0361. The van der Waals surface area contributed by atoms with Gasteiger partial charge in [0.15, 0.2) is 0 Å². The van der Waals surface area contributed by atoms with Crippen LogP contribution >= 0.6 is 0 Å². The highest BCUT2D eigenvalue weighted by atomic mass is 16.6. The van der Waals surface area contributed by atoms with Crippen molar-refractivity contribution in [1.29, 1.82) is 0 Å².